The van der Waals surface area contributed by atoms with Crippen molar-refractivity contribution in [2.45, 2.75) is 12.5 Å². The molecule has 2 aliphatic rings. The first kappa shape index (κ1) is 18.4. The molecule has 1 saturated heterocycles. The highest BCUT2D eigenvalue weighted by atomic mass is 16.6. The zero-order chi connectivity index (χ0) is 20.5. The largest absolute Gasteiger partial charge is 0.494 e. The van der Waals surface area contributed by atoms with E-state index in [2.05, 4.69) is 25.8 Å². The lowest BCUT2D eigenvalue weighted by atomic mass is 10.0. The number of aromatic hydroxyl groups is 1. The van der Waals surface area contributed by atoms with Crippen LogP contribution in [0.25, 0.3) is 10.9 Å². The smallest absolute Gasteiger partial charge is 0.261 e. The fourth-order valence-electron chi connectivity index (χ4n) is 3.91. The summed E-state index contributed by atoms with van der Waals surface area (Å²) in [5, 5.41) is 21.8. The van der Waals surface area contributed by atoms with Gasteiger partial charge in [-0.1, -0.05) is 41.6 Å². The Kier molecular flexibility index (Phi) is 4.68. The Labute approximate surface area is 172 Å². The monoisotopic (exact) mass is 403 g/mol. The number of fused-ring (bicyclic) bond motifs is 2. The van der Waals surface area contributed by atoms with Gasteiger partial charge in [-0.25, -0.2) is 4.99 Å². The maximum absolute atomic E-state index is 12.1. The van der Waals surface area contributed by atoms with Gasteiger partial charge in [0.2, 0.25) is 0 Å². The molecule has 0 aliphatic carbocycles. The Bertz CT molecular complexity index is 1170. The molecule has 1 amide bonds. The average Bonchev–Trinajstić information content (AvgIpc) is 3.45. The van der Waals surface area contributed by atoms with Gasteiger partial charge < -0.3 is 25.6 Å². The van der Waals surface area contributed by atoms with Crippen molar-refractivity contribution >= 4 is 33.9 Å². The molecule has 3 heterocycles. The number of carbonyl (C=O) groups excluding carboxylic acids is 1. The minimum absolute atomic E-state index is 0.0157. The Morgan fingerprint density at radius 3 is 2.93 bits per heavy atom. The van der Waals surface area contributed by atoms with Crippen LogP contribution in [0.4, 0.5) is 5.69 Å². The summed E-state index contributed by atoms with van der Waals surface area (Å²) >= 11 is 0. The molecule has 0 radical (unpaired) electrons. The Balaban J connectivity index is 1.44. The molecule has 0 saturated carbocycles. The van der Waals surface area contributed by atoms with Crippen LogP contribution in [0, 0.1) is 0 Å². The minimum atomic E-state index is -0.215. The maximum Gasteiger partial charge on any atom is 0.261 e. The Morgan fingerprint density at radius 2 is 2.07 bits per heavy atom. The Morgan fingerprint density at radius 1 is 1.23 bits per heavy atom. The van der Waals surface area contributed by atoms with Crippen molar-refractivity contribution in [3.8, 4) is 5.88 Å². The molecule has 1 fully saturated rings. The molecule has 3 aromatic rings. The van der Waals surface area contributed by atoms with E-state index in [0.29, 0.717) is 17.0 Å². The topological polar surface area (TPSA) is 111 Å². The number of H-pyrrole nitrogens is 1. The van der Waals surface area contributed by atoms with Crippen LogP contribution in [-0.4, -0.2) is 53.2 Å². The molecule has 8 nitrogen and oxygen atoms in total. The highest BCUT2D eigenvalue weighted by Gasteiger charge is 2.29. The van der Waals surface area contributed by atoms with E-state index in [4.69, 9.17) is 4.84 Å². The number of aromatic nitrogens is 1. The first-order valence-electron chi connectivity index (χ1n) is 9.89. The number of benzene rings is 2. The van der Waals surface area contributed by atoms with Crippen LogP contribution in [0.2, 0.25) is 0 Å². The van der Waals surface area contributed by atoms with Gasteiger partial charge in [-0.15, -0.1) is 0 Å². The fourth-order valence-corrected chi connectivity index (χ4v) is 3.91. The molecule has 4 N–H and O–H groups in total. The minimum Gasteiger partial charge on any atom is -0.494 e. The normalized spacial score (nSPS) is 19.1. The third-order valence-corrected chi connectivity index (χ3v) is 5.32. The number of carbonyl (C=O) groups is 1. The third kappa shape index (κ3) is 3.31. The summed E-state index contributed by atoms with van der Waals surface area (Å²) in [6, 6.07) is 15.3. The molecule has 1 aromatic heterocycles. The van der Waals surface area contributed by atoms with Crippen molar-refractivity contribution in [1.29, 1.82) is 0 Å². The van der Waals surface area contributed by atoms with Gasteiger partial charge in [-0.05, 0) is 25.1 Å². The van der Waals surface area contributed by atoms with Crippen LogP contribution in [-0.2, 0) is 9.63 Å². The van der Waals surface area contributed by atoms with Crippen molar-refractivity contribution in [3.05, 3.63) is 59.7 Å². The summed E-state index contributed by atoms with van der Waals surface area (Å²) in [7, 11) is 0. The Hall–Kier alpha value is -3.65. The number of para-hydroxylation sites is 2. The van der Waals surface area contributed by atoms with E-state index in [1.54, 1.807) is 0 Å². The van der Waals surface area contributed by atoms with E-state index in [-0.39, 0.29) is 24.4 Å². The van der Waals surface area contributed by atoms with E-state index in [9.17, 15) is 9.90 Å². The van der Waals surface area contributed by atoms with Crippen molar-refractivity contribution in [3.63, 3.8) is 0 Å². The number of hydrogen-bond donors (Lipinski definition) is 4. The lowest BCUT2D eigenvalue weighted by Crippen LogP contribution is -2.38. The molecule has 30 heavy (non-hydrogen) atoms. The first-order chi connectivity index (χ1) is 14.7. The standard InChI is InChI=1S/C22H21N5O3/c28-18(24-13-9-10-23-11-13)12-30-27-20-15-6-2-4-8-17(15)25-21(20)19-14-5-1-3-7-16(14)26-22(19)29/h1-8,13,23,26,29H,9-12H2,(H,24,28)/b27-20+/t13-/m1/s1. The lowest BCUT2D eigenvalue weighted by Gasteiger charge is -2.10. The van der Waals surface area contributed by atoms with Crippen LogP contribution in [0.5, 0.6) is 5.88 Å². The number of aliphatic imine (C=N–C) groups is 1. The van der Waals surface area contributed by atoms with E-state index < -0.39 is 0 Å². The molecule has 152 valence electrons. The van der Waals surface area contributed by atoms with E-state index in [1.807, 2.05) is 48.5 Å². The lowest BCUT2D eigenvalue weighted by molar-refractivity contribution is -0.126. The molecule has 2 aromatic carbocycles. The number of oxime groups is 1. The van der Waals surface area contributed by atoms with Crippen LogP contribution >= 0.6 is 0 Å². The third-order valence-electron chi connectivity index (χ3n) is 5.32. The van der Waals surface area contributed by atoms with Gasteiger partial charge in [0.1, 0.15) is 11.4 Å². The predicted molar refractivity (Wildman–Crippen MR) is 115 cm³/mol. The van der Waals surface area contributed by atoms with Gasteiger partial charge in [0.05, 0.1) is 11.3 Å². The summed E-state index contributed by atoms with van der Waals surface area (Å²) in [5.74, 6) is -0.199. The van der Waals surface area contributed by atoms with Gasteiger partial charge in [0.25, 0.3) is 5.91 Å². The van der Waals surface area contributed by atoms with Crippen molar-refractivity contribution < 1.29 is 14.7 Å². The predicted octanol–water partition coefficient (Wildman–Crippen LogP) is 2.21. The highest BCUT2D eigenvalue weighted by molar-refractivity contribution is 6.58. The molecule has 5 rings (SSSR count). The number of nitrogens with one attached hydrogen (secondary N) is 3. The van der Waals surface area contributed by atoms with Crippen LogP contribution in [0.1, 0.15) is 17.5 Å². The van der Waals surface area contributed by atoms with E-state index >= 15 is 0 Å². The molecule has 0 unspecified atom stereocenters. The first-order valence-corrected chi connectivity index (χ1v) is 9.89. The fraction of sp³-hybridized carbons (Fsp3) is 0.227. The number of aromatic amines is 1. The van der Waals surface area contributed by atoms with Crippen LogP contribution in [0.3, 0.4) is 0 Å². The summed E-state index contributed by atoms with van der Waals surface area (Å²) in [6.07, 6.45) is 0.907. The van der Waals surface area contributed by atoms with Crippen LogP contribution < -0.4 is 10.6 Å². The number of nitrogens with zero attached hydrogens (tertiary/aromatic N) is 2. The summed E-state index contributed by atoms with van der Waals surface area (Å²) in [4.78, 5) is 25.2. The number of rotatable bonds is 5. The molecule has 0 bridgehead atoms. The van der Waals surface area contributed by atoms with Gasteiger partial charge in [-0.2, -0.15) is 0 Å². The number of amides is 1. The van der Waals surface area contributed by atoms with Gasteiger partial charge in [0.15, 0.2) is 12.5 Å². The molecule has 1 atom stereocenters. The molecule has 2 aliphatic heterocycles. The van der Waals surface area contributed by atoms with E-state index in [0.717, 1.165) is 41.7 Å². The second kappa shape index (κ2) is 7.64. The zero-order valence-electron chi connectivity index (χ0n) is 16.2. The van der Waals surface area contributed by atoms with Gasteiger partial charge >= 0.3 is 0 Å². The van der Waals surface area contributed by atoms with Gasteiger partial charge in [0, 0.05) is 29.1 Å². The second-order valence-corrected chi connectivity index (χ2v) is 7.34. The highest BCUT2D eigenvalue weighted by Crippen LogP contribution is 2.35. The van der Waals surface area contributed by atoms with Crippen molar-refractivity contribution in [2.75, 3.05) is 19.7 Å². The molecule has 8 heteroatoms. The quantitative estimate of drug-likeness (QED) is 0.490. The molecule has 0 spiro atoms. The van der Waals surface area contributed by atoms with Crippen molar-refractivity contribution in [2.24, 2.45) is 10.1 Å². The van der Waals surface area contributed by atoms with E-state index in [1.165, 1.54) is 0 Å². The van der Waals surface area contributed by atoms with Gasteiger partial charge in [-0.3, -0.25) is 4.79 Å². The summed E-state index contributed by atoms with van der Waals surface area (Å²) < 4.78 is 0. The zero-order valence-corrected chi connectivity index (χ0v) is 16.2. The second-order valence-electron chi connectivity index (χ2n) is 7.34. The molecular formula is C22H21N5O3. The summed E-state index contributed by atoms with van der Waals surface area (Å²) in [6.45, 7) is 1.48. The van der Waals surface area contributed by atoms with Crippen LogP contribution in [0.15, 0.2) is 58.7 Å². The number of hydrogen-bond acceptors (Lipinski definition) is 6. The summed E-state index contributed by atoms with van der Waals surface area (Å²) in [5.41, 5.74) is 3.88. The maximum atomic E-state index is 12.1. The average molecular weight is 403 g/mol. The van der Waals surface area contributed by atoms with Crippen molar-refractivity contribution in [1.82, 2.24) is 15.6 Å². The SMILES string of the molecule is O=C(CO/N=C1/C(c2c(O)[nH]c3ccccc23)=Nc2ccccc21)N[C@@H]1CCNC1. The molecular weight excluding hydrogens is 382 g/mol.